The van der Waals surface area contributed by atoms with Crippen LogP contribution in [0.2, 0.25) is 5.15 Å². The first kappa shape index (κ1) is 10.9. The van der Waals surface area contributed by atoms with Gasteiger partial charge in [0.05, 0.1) is 0 Å². The van der Waals surface area contributed by atoms with Crippen molar-refractivity contribution in [3.63, 3.8) is 0 Å². The van der Waals surface area contributed by atoms with E-state index in [1.54, 1.807) is 6.07 Å². The molecule has 1 aromatic heterocycles. The van der Waals surface area contributed by atoms with Crippen LogP contribution in [-0.2, 0) is 0 Å². The summed E-state index contributed by atoms with van der Waals surface area (Å²) in [5.74, 6) is 2.03. The Balaban J connectivity index is 2.20. The summed E-state index contributed by atoms with van der Waals surface area (Å²) in [4.78, 5) is 6.53. The summed E-state index contributed by atoms with van der Waals surface area (Å²) in [7, 11) is 0. The number of hydrogen-bond acceptors (Lipinski definition) is 4. The summed E-state index contributed by atoms with van der Waals surface area (Å²) < 4.78 is 0. The van der Waals surface area contributed by atoms with E-state index in [2.05, 4.69) is 16.8 Å². The Labute approximate surface area is 99.0 Å². The maximum absolute atomic E-state index is 5.88. The molecule has 0 bridgehead atoms. The van der Waals surface area contributed by atoms with Crippen molar-refractivity contribution in [2.24, 2.45) is 0 Å². The molecule has 1 aliphatic heterocycles. The fraction of sp³-hybridized carbons (Fsp3) is 0.500. The Kier molecular flexibility index (Phi) is 3.26. The van der Waals surface area contributed by atoms with E-state index in [1.807, 2.05) is 17.8 Å². The fourth-order valence-electron chi connectivity index (χ4n) is 1.69. The SMILES string of the molecule is CC1CN(c2cc(N)cc(Cl)n2)CCS1. The molecule has 0 saturated carbocycles. The molecule has 2 heterocycles. The standard InChI is InChI=1S/C10H14ClN3S/c1-7-6-14(2-3-15-7)10-5-8(12)4-9(11)13-10/h4-5,7H,2-3,6H2,1H3,(H2,12,13). The van der Waals surface area contributed by atoms with Gasteiger partial charge < -0.3 is 10.6 Å². The van der Waals surface area contributed by atoms with Gasteiger partial charge in [-0.15, -0.1) is 0 Å². The summed E-state index contributed by atoms with van der Waals surface area (Å²) in [6, 6.07) is 3.56. The van der Waals surface area contributed by atoms with Crippen LogP contribution >= 0.6 is 23.4 Å². The molecule has 1 fully saturated rings. The Bertz CT molecular complexity index is 338. The molecule has 3 nitrogen and oxygen atoms in total. The van der Waals surface area contributed by atoms with E-state index in [9.17, 15) is 0 Å². The number of thioether (sulfide) groups is 1. The van der Waals surface area contributed by atoms with E-state index < -0.39 is 0 Å². The van der Waals surface area contributed by atoms with Gasteiger partial charge >= 0.3 is 0 Å². The monoisotopic (exact) mass is 243 g/mol. The highest BCUT2D eigenvalue weighted by Crippen LogP contribution is 2.25. The molecule has 1 atom stereocenters. The highest BCUT2D eigenvalue weighted by molar-refractivity contribution is 8.00. The van der Waals surface area contributed by atoms with E-state index in [0.29, 0.717) is 16.1 Å². The van der Waals surface area contributed by atoms with Crippen molar-refractivity contribution in [1.82, 2.24) is 4.98 Å². The first-order valence-electron chi connectivity index (χ1n) is 4.95. The first-order chi connectivity index (χ1) is 7.15. The van der Waals surface area contributed by atoms with Crippen LogP contribution in [-0.4, -0.2) is 29.1 Å². The number of halogens is 1. The topological polar surface area (TPSA) is 42.1 Å². The molecule has 2 N–H and O–H groups in total. The van der Waals surface area contributed by atoms with Crippen LogP contribution in [0.15, 0.2) is 12.1 Å². The fourth-order valence-corrected chi connectivity index (χ4v) is 2.92. The number of nitrogens with two attached hydrogens (primary N) is 1. The molecule has 82 valence electrons. The van der Waals surface area contributed by atoms with E-state index in [4.69, 9.17) is 17.3 Å². The van der Waals surface area contributed by atoms with Gasteiger partial charge in [0.1, 0.15) is 11.0 Å². The second kappa shape index (κ2) is 4.49. The second-order valence-electron chi connectivity index (χ2n) is 3.71. The van der Waals surface area contributed by atoms with Gasteiger partial charge in [-0.25, -0.2) is 4.98 Å². The van der Waals surface area contributed by atoms with E-state index in [-0.39, 0.29) is 0 Å². The number of anilines is 2. The summed E-state index contributed by atoms with van der Waals surface area (Å²) in [5, 5.41) is 1.11. The number of pyridine rings is 1. The van der Waals surface area contributed by atoms with Gasteiger partial charge in [0.25, 0.3) is 0 Å². The summed E-state index contributed by atoms with van der Waals surface area (Å²) >= 11 is 7.87. The normalized spacial score (nSPS) is 21.7. The molecular weight excluding hydrogens is 230 g/mol. The molecule has 0 radical (unpaired) electrons. The third kappa shape index (κ3) is 2.69. The minimum absolute atomic E-state index is 0.468. The molecule has 2 rings (SSSR count). The van der Waals surface area contributed by atoms with Crippen molar-refractivity contribution in [3.05, 3.63) is 17.3 Å². The zero-order valence-corrected chi connectivity index (χ0v) is 10.2. The van der Waals surface area contributed by atoms with Crippen molar-refractivity contribution >= 4 is 34.9 Å². The van der Waals surface area contributed by atoms with Crippen LogP contribution in [0.4, 0.5) is 11.5 Å². The van der Waals surface area contributed by atoms with Crippen molar-refractivity contribution < 1.29 is 0 Å². The molecule has 1 aromatic rings. The first-order valence-corrected chi connectivity index (χ1v) is 6.37. The van der Waals surface area contributed by atoms with Gasteiger partial charge in [0.2, 0.25) is 0 Å². The lowest BCUT2D eigenvalue weighted by molar-refractivity contribution is 0.770. The Morgan fingerprint density at radius 1 is 1.60 bits per heavy atom. The van der Waals surface area contributed by atoms with Gasteiger partial charge in [-0.1, -0.05) is 18.5 Å². The van der Waals surface area contributed by atoms with Crippen LogP contribution in [0, 0.1) is 0 Å². The second-order valence-corrected chi connectivity index (χ2v) is 5.64. The van der Waals surface area contributed by atoms with Gasteiger partial charge in [0.15, 0.2) is 0 Å². The zero-order valence-electron chi connectivity index (χ0n) is 8.61. The average Bonchev–Trinajstić information content (AvgIpc) is 2.16. The van der Waals surface area contributed by atoms with Crippen molar-refractivity contribution in [1.29, 1.82) is 0 Å². The molecule has 0 amide bonds. The molecular formula is C10H14ClN3S. The molecule has 1 unspecified atom stereocenters. The minimum Gasteiger partial charge on any atom is -0.399 e. The van der Waals surface area contributed by atoms with Crippen molar-refractivity contribution in [2.75, 3.05) is 29.5 Å². The van der Waals surface area contributed by atoms with Crippen LogP contribution in [0.5, 0.6) is 0 Å². The zero-order chi connectivity index (χ0) is 10.8. The number of rotatable bonds is 1. The van der Waals surface area contributed by atoms with Gasteiger partial charge in [-0.2, -0.15) is 11.8 Å². The molecule has 0 aromatic carbocycles. The van der Waals surface area contributed by atoms with E-state index in [1.165, 1.54) is 0 Å². The van der Waals surface area contributed by atoms with Crippen LogP contribution in [0.25, 0.3) is 0 Å². The van der Waals surface area contributed by atoms with Crippen LogP contribution < -0.4 is 10.6 Å². The van der Waals surface area contributed by atoms with Crippen LogP contribution in [0.1, 0.15) is 6.92 Å². The van der Waals surface area contributed by atoms with Crippen molar-refractivity contribution in [3.8, 4) is 0 Å². The number of nitrogen functional groups attached to an aromatic ring is 1. The van der Waals surface area contributed by atoms with Gasteiger partial charge in [0, 0.05) is 35.8 Å². The van der Waals surface area contributed by atoms with Crippen molar-refractivity contribution in [2.45, 2.75) is 12.2 Å². The largest absolute Gasteiger partial charge is 0.399 e. The molecule has 0 aliphatic carbocycles. The number of hydrogen-bond donors (Lipinski definition) is 1. The summed E-state index contributed by atoms with van der Waals surface area (Å²) in [6.45, 7) is 4.25. The maximum Gasteiger partial charge on any atom is 0.133 e. The predicted octanol–water partition coefficient (Wildman–Crippen LogP) is 2.26. The third-order valence-electron chi connectivity index (χ3n) is 2.37. The Morgan fingerprint density at radius 3 is 3.07 bits per heavy atom. The molecule has 1 aliphatic rings. The Hall–Kier alpha value is -0.610. The molecule has 0 spiro atoms. The summed E-state index contributed by atoms with van der Waals surface area (Å²) in [5.41, 5.74) is 6.42. The quantitative estimate of drug-likeness (QED) is 0.769. The summed E-state index contributed by atoms with van der Waals surface area (Å²) in [6.07, 6.45) is 0. The lowest BCUT2D eigenvalue weighted by atomic mass is 10.3. The molecule has 1 saturated heterocycles. The van der Waals surface area contributed by atoms with E-state index >= 15 is 0 Å². The highest BCUT2D eigenvalue weighted by Gasteiger charge is 2.18. The average molecular weight is 244 g/mol. The van der Waals surface area contributed by atoms with Crippen LogP contribution in [0.3, 0.4) is 0 Å². The number of nitrogens with zero attached hydrogens (tertiary/aromatic N) is 2. The van der Waals surface area contributed by atoms with Gasteiger partial charge in [-0.05, 0) is 6.07 Å². The number of aromatic nitrogens is 1. The predicted molar refractivity (Wildman–Crippen MR) is 67.8 cm³/mol. The minimum atomic E-state index is 0.468. The Morgan fingerprint density at radius 2 is 2.40 bits per heavy atom. The third-order valence-corrected chi connectivity index (χ3v) is 3.70. The molecule has 15 heavy (non-hydrogen) atoms. The molecule has 5 heteroatoms. The lowest BCUT2D eigenvalue weighted by Gasteiger charge is -2.31. The van der Waals surface area contributed by atoms with Gasteiger partial charge in [-0.3, -0.25) is 0 Å². The maximum atomic E-state index is 5.88. The lowest BCUT2D eigenvalue weighted by Crippen LogP contribution is -2.37. The smallest absolute Gasteiger partial charge is 0.133 e. The van der Waals surface area contributed by atoms with E-state index in [0.717, 1.165) is 24.7 Å². The highest BCUT2D eigenvalue weighted by atomic mass is 35.5.